The number of hydrogen-bond acceptors (Lipinski definition) is 1. The Morgan fingerprint density at radius 3 is 2.36 bits per heavy atom. The summed E-state index contributed by atoms with van der Waals surface area (Å²) in [5, 5.41) is 0.607. The van der Waals surface area contributed by atoms with Gasteiger partial charge in [-0.25, -0.2) is 4.98 Å². The topological polar surface area (TPSA) is 12.9 Å². The summed E-state index contributed by atoms with van der Waals surface area (Å²) in [5.74, 6) is 0. The monoisotopic (exact) mass is 307 g/mol. The van der Waals surface area contributed by atoms with Gasteiger partial charge in [0.25, 0.3) is 0 Å². The molecule has 0 atom stereocenters. The van der Waals surface area contributed by atoms with Crippen molar-refractivity contribution in [3.05, 3.63) is 88.7 Å². The molecule has 1 aromatic heterocycles. The molecule has 1 nitrogen and oxygen atoms in total. The van der Waals surface area contributed by atoms with Crippen molar-refractivity contribution in [2.75, 3.05) is 0 Å². The molecule has 0 amide bonds. The molecule has 3 rings (SSSR count). The maximum Gasteiger partial charge on any atom is 0.132 e. The smallest absolute Gasteiger partial charge is 0.132 e. The van der Waals surface area contributed by atoms with Crippen LogP contribution in [-0.4, -0.2) is 4.98 Å². The van der Waals surface area contributed by atoms with Crippen molar-refractivity contribution in [1.29, 1.82) is 0 Å². The molecule has 0 saturated heterocycles. The number of rotatable bonds is 4. The Morgan fingerprint density at radius 2 is 1.59 bits per heavy atom. The van der Waals surface area contributed by atoms with Gasteiger partial charge in [0.05, 0.1) is 0 Å². The zero-order valence-corrected chi connectivity index (χ0v) is 13.3. The lowest BCUT2D eigenvalue weighted by Gasteiger charge is -2.06. The van der Waals surface area contributed by atoms with Crippen LogP contribution >= 0.6 is 11.6 Å². The zero-order chi connectivity index (χ0) is 15.4. The highest BCUT2D eigenvalue weighted by Crippen LogP contribution is 2.21. The molecule has 0 aliphatic rings. The Kier molecular flexibility index (Phi) is 4.55. The van der Waals surface area contributed by atoms with E-state index in [9.17, 15) is 0 Å². The minimum Gasteiger partial charge on any atom is -0.241 e. The summed E-state index contributed by atoms with van der Waals surface area (Å²) in [5.41, 5.74) is 5.89. The lowest BCUT2D eigenvalue weighted by molar-refractivity contribution is 0.911. The third kappa shape index (κ3) is 3.55. The van der Waals surface area contributed by atoms with Crippen molar-refractivity contribution in [2.24, 2.45) is 0 Å². The molecule has 0 radical (unpaired) electrons. The normalized spacial score (nSPS) is 10.6. The van der Waals surface area contributed by atoms with Crippen LogP contribution in [0.2, 0.25) is 5.15 Å². The van der Waals surface area contributed by atoms with Crippen LogP contribution in [0.5, 0.6) is 0 Å². The number of pyridine rings is 1. The fourth-order valence-electron chi connectivity index (χ4n) is 2.49. The first-order valence-corrected chi connectivity index (χ1v) is 7.86. The number of benzene rings is 2. The van der Waals surface area contributed by atoms with Gasteiger partial charge < -0.3 is 0 Å². The minimum absolute atomic E-state index is 0.607. The summed E-state index contributed by atoms with van der Waals surface area (Å²) >= 11 is 6.09. The average Bonchev–Trinajstić information content (AvgIpc) is 2.57. The third-order valence-electron chi connectivity index (χ3n) is 3.80. The van der Waals surface area contributed by atoms with Gasteiger partial charge in [0, 0.05) is 5.69 Å². The van der Waals surface area contributed by atoms with E-state index in [0.717, 1.165) is 24.1 Å². The van der Waals surface area contributed by atoms with E-state index < -0.39 is 0 Å². The summed E-state index contributed by atoms with van der Waals surface area (Å²) < 4.78 is 0. The predicted octanol–water partition coefficient (Wildman–Crippen LogP) is 5.50. The summed E-state index contributed by atoms with van der Waals surface area (Å²) in [6.45, 7) is 1.97. The van der Waals surface area contributed by atoms with Crippen molar-refractivity contribution in [2.45, 2.75) is 19.8 Å². The van der Waals surface area contributed by atoms with E-state index >= 15 is 0 Å². The fraction of sp³-hybridized carbons (Fsp3) is 0.150. The van der Waals surface area contributed by atoms with Gasteiger partial charge in [0.1, 0.15) is 5.15 Å². The second-order valence-electron chi connectivity index (χ2n) is 5.48. The van der Waals surface area contributed by atoms with Crippen LogP contribution in [-0.2, 0) is 12.8 Å². The van der Waals surface area contributed by atoms with Crippen LogP contribution in [0.3, 0.4) is 0 Å². The van der Waals surface area contributed by atoms with Crippen LogP contribution in [0.25, 0.3) is 11.1 Å². The van der Waals surface area contributed by atoms with Crippen molar-refractivity contribution >= 4 is 11.6 Å². The number of hydrogen-bond donors (Lipinski definition) is 0. The van der Waals surface area contributed by atoms with Gasteiger partial charge in [-0.1, -0.05) is 72.3 Å². The first-order chi connectivity index (χ1) is 10.7. The van der Waals surface area contributed by atoms with Crippen LogP contribution in [0.1, 0.15) is 16.8 Å². The number of aromatic nitrogens is 1. The minimum atomic E-state index is 0.607. The van der Waals surface area contributed by atoms with Crippen LogP contribution in [0, 0.1) is 6.92 Å². The molecular formula is C20H18ClN. The molecular weight excluding hydrogens is 290 g/mol. The summed E-state index contributed by atoms with van der Waals surface area (Å²) in [6, 6.07) is 23.2. The van der Waals surface area contributed by atoms with Crippen molar-refractivity contribution in [1.82, 2.24) is 4.98 Å². The average molecular weight is 308 g/mol. The summed E-state index contributed by atoms with van der Waals surface area (Å²) in [7, 11) is 0. The Hall–Kier alpha value is -2.12. The molecule has 2 heteroatoms. The van der Waals surface area contributed by atoms with E-state index in [-0.39, 0.29) is 0 Å². The molecule has 0 spiro atoms. The van der Waals surface area contributed by atoms with E-state index in [0.29, 0.717) is 5.15 Å². The van der Waals surface area contributed by atoms with Gasteiger partial charge in [-0.05, 0) is 48.1 Å². The number of nitrogens with zero attached hydrogens (tertiary/aromatic N) is 1. The second kappa shape index (κ2) is 6.76. The van der Waals surface area contributed by atoms with Gasteiger partial charge in [0.15, 0.2) is 0 Å². The Balaban J connectivity index is 1.74. The molecule has 0 bridgehead atoms. The van der Waals surface area contributed by atoms with Crippen molar-refractivity contribution in [3.63, 3.8) is 0 Å². The van der Waals surface area contributed by atoms with Crippen LogP contribution in [0.15, 0.2) is 66.7 Å². The maximum atomic E-state index is 6.09. The summed E-state index contributed by atoms with van der Waals surface area (Å²) in [6.07, 6.45) is 1.87. The van der Waals surface area contributed by atoms with E-state index in [1.54, 1.807) is 0 Å². The number of aryl methyl sites for hydroxylation is 3. The molecule has 0 saturated carbocycles. The van der Waals surface area contributed by atoms with Crippen LogP contribution in [0.4, 0.5) is 0 Å². The molecule has 22 heavy (non-hydrogen) atoms. The first kappa shape index (κ1) is 14.8. The van der Waals surface area contributed by atoms with E-state index in [2.05, 4.69) is 59.6 Å². The molecule has 0 aliphatic heterocycles. The Labute approximate surface area is 136 Å². The highest BCUT2D eigenvalue weighted by atomic mass is 35.5. The number of halogens is 1. The quantitative estimate of drug-likeness (QED) is 0.580. The van der Waals surface area contributed by atoms with Gasteiger partial charge in [-0.15, -0.1) is 0 Å². The Morgan fingerprint density at radius 1 is 0.818 bits per heavy atom. The van der Waals surface area contributed by atoms with Gasteiger partial charge in [0.2, 0.25) is 0 Å². The van der Waals surface area contributed by atoms with Gasteiger partial charge >= 0.3 is 0 Å². The second-order valence-corrected chi connectivity index (χ2v) is 5.83. The summed E-state index contributed by atoms with van der Waals surface area (Å²) in [4.78, 5) is 4.43. The largest absolute Gasteiger partial charge is 0.241 e. The van der Waals surface area contributed by atoms with E-state index in [4.69, 9.17) is 11.6 Å². The zero-order valence-electron chi connectivity index (χ0n) is 12.6. The standard InChI is InChI=1S/C20H18ClN/c1-15-10-12-19(22-20(15)21)13-11-16-6-5-9-18(14-16)17-7-3-2-4-8-17/h2-10,12,14H,11,13H2,1H3. The SMILES string of the molecule is Cc1ccc(CCc2cccc(-c3ccccc3)c2)nc1Cl. The Bertz CT molecular complexity index is 766. The van der Waals surface area contributed by atoms with Gasteiger partial charge in [-0.3, -0.25) is 0 Å². The predicted molar refractivity (Wildman–Crippen MR) is 93.3 cm³/mol. The fourth-order valence-corrected chi connectivity index (χ4v) is 2.66. The lowest BCUT2D eigenvalue weighted by Crippen LogP contribution is -1.96. The molecule has 1 heterocycles. The van der Waals surface area contributed by atoms with Crippen molar-refractivity contribution < 1.29 is 0 Å². The molecule has 0 N–H and O–H groups in total. The lowest BCUT2D eigenvalue weighted by atomic mass is 10.0. The first-order valence-electron chi connectivity index (χ1n) is 7.49. The molecule has 110 valence electrons. The molecule has 3 aromatic rings. The van der Waals surface area contributed by atoms with Gasteiger partial charge in [-0.2, -0.15) is 0 Å². The van der Waals surface area contributed by atoms with Crippen LogP contribution < -0.4 is 0 Å². The molecule has 0 aliphatic carbocycles. The van der Waals surface area contributed by atoms with E-state index in [1.165, 1.54) is 16.7 Å². The third-order valence-corrected chi connectivity index (χ3v) is 4.18. The van der Waals surface area contributed by atoms with E-state index in [1.807, 2.05) is 19.1 Å². The molecule has 2 aromatic carbocycles. The molecule has 0 fully saturated rings. The highest BCUT2D eigenvalue weighted by Gasteiger charge is 2.03. The highest BCUT2D eigenvalue weighted by molar-refractivity contribution is 6.30. The maximum absolute atomic E-state index is 6.09. The van der Waals surface area contributed by atoms with Crippen molar-refractivity contribution in [3.8, 4) is 11.1 Å². The molecule has 0 unspecified atom stereocenters.